The van der Waals surface area contributed by atoms with Crippen LogP contribution in [0, 0.1) is 12.7 Å². The van der Waals surface area contributed by atoms with Crippen molar-refractivity contribution in [1.82, 2.24) is 10.1 Å². The predicted molar refractivity (Wildman–Crippen MR) is 87.2 cm³/mol. The van der Waals surface area contributed by atoms with Gasteiger partial charge in [-0.05, 0) is 25.1 Å². The summed E-state index contributed by atoms with van der Waals surface area (Å²) < 4.78 is 18.4. The number of nitrogens with zero attached hydrogens (tertiary/aromatic N) is 2. The summed E-state index contributed by atoms with van der Waals surface area (Å²) in [5.74, 6) is 0.285. The van der Waals surface area contributed by atoms with Crippen molar-refractivity contribution in [3.63, 3.8) is 0 Å². The molecule has 1 aromatic carbocycles. The largest absolute Gasteiger partial charge is 0.380 e. The van der Waals surface area contributed by atoms with E-state index in [1.165, 1.54) is 12.3 Å². The van der Waals surface area contributed by atoms with Gasteiger partial charge in [-0.15, -0.1) is 0 Å². The van der Waals surface area contributed by atoms with E-state index in [4.69, 9.17) is 4.52 Å². The minimum atomic E-state index is -0.385. The summed E-state index contributed by atoms with van der Waals surface area (Å²) in [5.41, 5.74) is 1.49. The second-order valence-electron chi connectivity index (χ2n) is 5.15. The Bertz CT molecular complexity index is 846. The molecule has 122 valence electrons. The number of hydrogen-bond acceptors (Lipinski definition) is 5. The van der Waals surface area contributed by atoms with Crippen LogP contribution in [0.4, 0.5) is 15.9 Å². The van der Waals surface area contributed by atoms with Crippen LogP contribution < -0.4 is 10.6 Å². The SMILES string of the molecule is Cc1cc(NC(=O)c2ccc(NCc3ccccc3F)cn2)no1. The van der Waals surface area contributed by atoms with Crippen LogP contribution in [0.25, 0.3) is 0 Å². The van der Waals surface area contributed by atoms with Crippen LogP contribution >= 0.6 is 0 Å². The number of amides is 1. The van der Waals surface area contributed by atoms with Crippen LogP contribution in [0.15, 0.2) is 53.2 Å². The first-order valence-electron chi connectivity index (χ1n) is 7.30. The summed E-state index contributed by atoms with van der Waals surface area (Å²) in [6, 6.07) is 11.4. The fourth-order valence-corrected chi connectivity index (χ4v) is 2.08. The van der Waals surface area contributed by atoms with Crippen LogP contribution in [0.2, 0.25) is 0 Å². The zero-order chi connectivity index (χ0) is 16.9. The third-order valence-electron chi connectivity index (χ3n) is 3.31. The molecule has 0 spiro atoms. The molecule has 0 saturated carbocycles. The van der Waals surface area contributed by atoms with Crippen molar-refractivity contribution in [2.75, 3.05) is 10.6 Å². The number of anilines is 2. The number of carbonyl (C=O) groups excluding carboxylic acids is 1. The standard InChI is InChI=1S/C17H15FN4O2/c1-11-8-16(22-24-11)21-17(23)15-7-6-13(10-20-15)19-9-12-4-2-3-5-14(12)18/h2-8,10,19H,9H2,1H3,(H,21,22,23). The lowest BCUT2D eigenvalue weighted by Crippen LogP contribution is -2.14. The van der Waals surface area contributed by atoms with Crippen molar-refractivity contribution in [3.05, 3.63) is 71.5 Å². The monoisotopic (exact) mass is 326 g/mol. The van der Waals surface area contributed by atoms with Gasteiger partial charge < -0.3 is 15.2 Å². The molecule has 24 heavy (non-hydrogen) atoms. The summed E-state index contributed by atoms with van der Waals surface area (Å²) in [4.78, 5) is 16.1. The lowest BCUT2D eigenvalue weighted by Gasteiger charge is -2.07. The first kappa shape index (κ1) is 15.7. The molecule has 1 amide bonds. The van der Waals surface area contributed by atoms with E-state index in [1.807, 2.05) is 0 Å². The van der Waals surface area contributed by atoms with Crippen molar-refractivity contribution in [2.24, 2.45) is 0 Å². The summed E-state index contributed by atoms with van der Waals surface area (Å²) in [6.07, 6.45) is 1.52. The van der Waals surface area contributed by atoms with Gasteiger partial charge in [0.15, 0.2) is 5.82 Å². The molecule has 0 aliphatic rings. The van der Waals surface area contributed by atoms with Gasteiger partial charge in [0, 0.05) is 18.2 Å². The number of hydrogen-bond donors (Lipinski definition) is 2. The van der Waals surface area contributed by atoms with Crippen LogP contribution in [0.3, 0.4) is 0 Å². The smallest absolute Gasteiger partial charge is 0.275 e. The van der Waals surface area contributed by atoms with Gasteiger partial charge in [0.2, 0.25) is 0 Å². The minimum absolute atomic E-state index is 0.243. The molecule has 0 aliphatic heterocycles. The highest BCUT2D eigenvalue weighted by molar-refractivity contribution is 6.02. The normalized spacial score (nSPS) is 10.4. The molecule has 0 bridgehead atoms. The summed E-state index contributed by atoms with van der Waals surface area (Å²) in [6.45, 7) is 2.06. The Kier molecular flexibility index (Phi) is 4.51. The summed E-state index contributed by atoms with van der Waals surface area (Å²) >= 11 is 0. The fraction of sp³-hybridized carbons (Fsp3) is 0.118. The van der Waals surface area contributed by atoms with Crippen molar-refractivity contribution in [1.29, 1.82) is 0 Å². The van der Waals surface area contributed by atoms with Crippen molar-refractivity contribution in [2.45, 2.75) is 13.5 Å². The molecule has 2 heterocycles. The first-order valence-corrected chi connectivity index (χ1v) is 7.30. The molecule has 0 saturated heterocycles. The first-order chi connectivity index (χ1) is 11.6. The molecule has 7 heteroatoms. The maximum absolute atomic E-state index is 13.5. The van der Waals surface area contributed by atoms with Gasteiger partial charge in [0.05, 0.1) is 11.9 Å². The fourth-order valence-electron chi connectivity index (χ4n) is 2.08. The molecule has 2 aromatic heterocycles. The zero-order valence-electron chi connectivity index (χ0n) is 12.9. The second-order valence-corrected chi connectivity index (χ2v) is 5.15. The van der Waals surface area contributed by atoms with E-state index < -0.39 is 0 Å². The Labute approximate surface area is 137 Å². The van der Waals surface area contributed by atoms with Crippen LogP contribution in [0.1, 0.15) is 21.8 Å². The Morgan fingerprint density at radius 1 is 1.25 bits per heavy atom. The van der Waals surface area contributed by atoms with Gasteiger partial charge >= 0.3 is 0 Å². The molecular weight excluding hydrogens is 311 g/mol. The average Bonchev–Trinajstić information content (AvgIpc) is 2.99. The van der Waals surface area contributed by atoms with Gasteiger partial charge in [-0.2, -0.15) is 0 Å². The number of rotatable bonds is 5. The van der Waals surface area contributed by atoms with Crippen molar-refractivity contribution < 1.29 is 13.7 Å². The van der Waals surface area contributed by atoms with E-state index >= 15 is 0 Å². The van der Waals surface area contributed by atoms with Crippen molar-refractivity contribution in [3.8, 4) is 0 Å². The third-order valence-corrected chi connectivity index (χ3v) is 3.31. The molecule has 0 fully saturated rings. The third kappa shape index (κ3) is 3.75. The lowest BCUT2D eigenvalue weighted by atomic mass is 10.2. The van der Waals surface area contributed by atoms with Crippen LogP contribution in [0.5, 0.6) is 0 Å². The van der Waals surface area contributed by atoms with Gasteiger partial charge in [-0.1, -0.05) is 23.4 Å². The molecule has 3 rings (SSSR count). The zero-order valence-corrected chi connectivity index (χ0v) is 12.9. The van der Waals surface area contributed by atoms with E-state index in [1.54, 1.807) is 43.3 Å². The van der Waals surface area contributed by atoms with Gasteiger partial charge in [0.25, 0.3) is 5.91 Å². The van der Waals surface area contributed by atoms with E-state index in [9.17, 15) is 9.18 Å². The number of nitrogens with one attached hydrogen (secondary N) is 2. The number of halogens is 1. The summed E-state index contributed by atoms with van der Waals surface area (Å²) in [7, 11) is 0. The second kappa shape index (κ2) is 6.91. The Hall–Kier alpha value is -3.22. The Morgan fingerprint density at radius 2 is 2.08 bits per heavy atom. The number of aromatic nitrogens is 2. The molecule has 2 N–H and O–H groups in total. The summed E-state index contributed by atoms with van der Waals surface area (Å²) in [5, 5.41) is 9.33. The van der Waals surface area contributed by atoms with Crippen LogP contribution in [-0.2, 0) is 6.54 Å². The van der Waals surface area contributed by atoms with E-state index in [-0.39, 0.29) is 17.4 Å². The van der Waals surface area contributed by atoms with Gasteiger partial charge in [-0.25, -0.2) is 9.37 Å². The van der Waals surface area contributed by atoms with Gasteiger partial charge in [-0.3, -0.25) is 4.79 Å². The number of benzene rings is 1. The minimum Gasteiger partial charge on any atom is -0.380 e. The predicted octanol–water partition coefficient (Wildman–Crippen LogP) is 3.38. The molecule has 0 atom stereocenters. The number of pyridine rings is 1. The van der Waals surface area contributed by atoms with Crippen molar-refractivity contribution >= 4 is 17.4 Å². The van der Waals surface area contributed by atoms with E-state index in [0.29, 0.717) is 29.4 Å². The quantitative estimate of drug-likeness (QED) is 0.751. The Balaban J connectivity index is 1.60. The molecule has 6 nitrogen and oxygen atoms in total. The molecule has 0 radical (unpaired) electrons. The average molecular weight is 326 g/mol. The highest BCUT2D eigenvalue weighted by Gasteiger charge is 2.10. The maximum atomic E-state index is 13.5. The molecule has 0 aliphatic carbocycles. The maximum Gasteiger partial charge on any atom is 0.275 e. The highest BCUT2D eigenvalue weighted by Crippen LogP contribution is 2.13. The molecule has 3 aromatic rings. The lowest BCUT2D eigenvalue weighted by molar-refractivity contribution is 0.102. The van der Waals surface area contributed by atoms with E-state index in [2.05, 4.69) is 20.8 Å². The Morgan fingerprint density at radius 3 is 2.75 bits per heavy atom. The van der Waals surface area contributed by atoms with E-state index in [0.717, 1.165) is 0 Å². The molecular formula is C17H15FN4O2. The highest BCUT2D eigenvalue weighted by atomic mass is 19.1. The molecule has 0 unspecified atom stereocenters. The van der Waals surface area contributed by atoms with Gasteiger partial charge in [0.1, 0.15) is 17.3 Å². The topological polar surface area (TPSA) is 80.0 Å². The number of aryl methyl sites for hydroxylation is 1. The van der Waals surface area contributed by atoms with Crippen LogP contribution in [-0.4, -0.2) is 16.0 Å². The number of carbonyl (C=O) groups is 1.